The van der Waals surface area contributed by atoms with Crippen LogP contribution in [0, 0.1) is 5.92 Å². The molecule has 3 heterocycles. The number of rotatable bonds is 4. The van der Waals surface area contributed by atoms with Gasteiger partial charge < -0.3 is 18.9 Å². The van der Waals surface area contributed by atoms with Crippen LogP contribution in [0.2, 0.25) is 5.02 Å². The number of imidazole rings is 1. The van der Waals surface area contributed by atoms with Crippen LogP contribution in [0.4, 0.5) is 0 Å². The minimum Gasteiger partial charge on any atom is -0.486 e. The summed E-state index contributed by atoms with van der Waals surface area (Å²) >= 11 is 6.29. The van der Waals surface area contributed by atoms with E-state index in [1.807, 2.05) is 36.5 Å². The van der Waals surface area contributed by atoms with Gasteiger partial charge in [-0.1, -0.05) is 11.6 Å². The summed E-state index contributed by atoms with van der Waals surface area (Å²) < 4.78 is 13.2. The lowest BCUT2D eigenvalue weighted by molar-refractivity contribution is -0.132. The van der Waals surface area contributed by atoms with Crippen molar-refractivity contribution >= 4 is 17.5 Å². The normalized spacial score (nSPS) is 19.2. The van der Waals surface area contributed by atoms with Crippen LogP contribution in [0.5, 0.6) is 11.5 Å². The molecule has 1 atom stereocenters. The third kappa shape index (κ3) is 4.05. The van der Waals surface area contributed by atoms with Crippen molar-refractivity contribution in [1.29, 1.82) is 0 Å². The standard InChI is InChI=1S/C20H24ClN3O3/c1-23-6-4-22-18(23)11-14-3-2-5-24(13-14)19(25)12-15-9-16(21)20-17(10-15)26-7-8-27-20/h4,6,9-10,14H,2-3,5,7-8,11-13H2,1H3. The Morgan fingerprint density at radius 3 is 3.00 bits per heavy atom. The molecule has 0 radical (unpaired) electrons. The summed E-state index contributed by atoms with van der Waals surface area (Å²) in [4.78, 5) is 19.2. The fraction of sp³-hybridized carbons (Fsp3) is 0.500. The van der Waals surface area contributed by atoms with Crippen LogP contribution in [0.15, 0.2) is 24.5 Å². The van der Waals surface area contributed by atoms with Crippen molar-refractivity contribution in [2.75, 3.05) is 26.3 Å². The van der Waals surface area contributed by atoms with Crippen molar-refractivity contribution in [1.82, 2.24) is 14.5 Å². The molecule has 1 amide bonds. The minimum absolute atomic E-state index is 0.132. The molecule has 0 spiro atoms. The van der Waals surface area contributed by atoms with Gasteiger partial charge >= 0.3 is 0 Å². The highest BCUT2D eigenvalue weighted by Gasteiger charge is 2.25. The maximum absolute atomic E-state index is 12.9. The van der Waals surface area contributed by atoms with Crippen LogP contribution in [-0.4, -0.2) is 46.7 Å². The summed E-state index contributed by atoms with van der Waals surface area (Å²) in [5, 5.41) is 0.501. The van der Waals surface area contributed by atoms with Crippen molar-refractivity contribution in [3.63, 3.8) is 0 Å². The molecule has 1 fully saturated rings. The lowest BCUT2D eigenvalue weighted by Crippen LogP contribution is -2.41. The summed E-state index contributed by atoms with van der Waals surface area (Å²) in [6.07, 6.45) is 7.18. The van der Waals surface area contributed by atoms with Gasteiger partial charge in [-0.15, -0.1) is 0 Å². The van der Waals surface area contributed by atoms with E-state index in [0.717, 1.165) is 43.7 Å². The second-order valence-corrected chi connectivity index (χ2v) is 7.69. The van der Waals surface area contributed by atoms with Crippen LogP contribution in [0.3, 0.4) is 0 Å². The lowest BCUT2D eigenvalue weighted by atomic mass is 9.94. The second kappa shape index (κ2) is 7.80. The van der Waals surface area contributed by atoms with Crippen molar-refractivity contribution < 1.29 is 14.3 Å². The molecule has 144 valence electrons. The summed E-state index contributed by atoms with van der Waals surface area (Å²) in [5.74, 6) is 2.86. The van der Waals surface area contributed by atoms with E-state index in [9.17, 15) is 4.79 Å². The van der Waals surface area contributed by atoms with Crippen LogP contribution >= 0.6 is 11.6 Å². The van der Waals surface area contributed by atoms with E-state index >= 15 is 0 Å². The number of fused-ring (bicyclic) bond motifs is 1. The van der Waals surface area contributed by atoms with Crippen molar-refractivity contribution in [2.45, 2.75) is 25.7 Å². The zero-order valence-electron chi connectivity index (χ0n) is 15.5. The number of halogens is 1. The Kier molecular flexibility index (Phi) is 5.25. The maximum Gasteiger partial charge on any atom is 0.227 e. The second-order valence-electron chi connectivity index (χ2n) is 7.29. The first-order valence-electron chi connectivity index (χ1n) is 9.42. The molecule has 0 saturated carbocycles. The van der Waals surface area contributed by atoms with Gasteiger partial charge in [-0.3, -0.25) is 4.79 Å². The number of hydrogen-bond acceptors (Lipinski definition) is 4. The Morgan fingerprint density at radius 1 is 1.33 bits per heavy atom. The number of nitrogens with zero attached hydrogens (tertiary/aromatic N) is 3. The Hall–Kier alpha value is -2.21. The van der Waals surface area contributed by atoms with Gasteiger partial charge in [0.15, 0.2) is 11.5 Å². The summed E-state index contributed by atoms with van der Waals surface area (Å²) in [5.41, 5.74) is 0.862. The van der Waals surface area contributed by atoms with E-state index in [-0.39, 0.29) is 5.91 Å². The van der Waals surface area contributed by atoms with Crippen LogP contribution < -0.4 is 9.47 Å². The fourth-order valence-corrected chi connectivity index (χ4v) is 4.15. The van der Waals surface area contributed by atoms with Crippen molar-refractivity contribution in [2.24, 2.45) is 13.0 Å². The molecule has 7 heteroatoms. The monoisotopic (exact) mass is 389 g/mol. The summed E-state index contributed by atoms with van der Waals surface area (Å²) in [6, 6.07) is 3.68. The Labute approximate surface area is 164 Å². The summed E-state index contributed by atoms with van der Waals surface area (Å²) in [6.45, 7) is 2.59. The SMILES string of the molecule is Cn1ccnc1CC1CCCN(C(=O)Cc2cc(Cl)c3c(c2)OCCO3)C1. The highest BCUT2D eigenvalue weighted by molar-refractivity contribution is 6.32. The zero-order valence-corrected chi connectivity index (χ0v) is 16.2. The molecular formula is C20H24ClN3O3. The van der Waals surface area contributed by atoms with Gasteiger partial charge in [0.25, 0.3) is 0 Å². The third-order valence-electron chi connectivity index (χ3n) is 5.28. The molecule has 1 saturated heterocycles. The van der Waals surface area contributed by atoms with E-state index in [2.05, 4.69) is 9.55 Å². The lowest BCUT2D eigenvalue weighted by Gasteiger charge is -2.33. The number of carbonyl (C=O) groups excluding carboxylic acids is 1. The number of likely N-dealkylation sites (tertiary alicyclic amines) is 1. The third-order valence-corrected chi connectivity index (χ3v) is 5.56. The largest absolute Gasteiger partial charge is 0.486 e. The van der Waals surface area contributed by atoms with Crippen LogP contribution in [-0.2, 0) is 24.7 Å². The molecule has 0 N–H and O–H groups in total. The number of carbonyl (C=O) groups is 1. The molecule has 1 aromatic heterocycles. The Bertz CT molecular complexity index is 836. The molecule has 6 nitrogen and oxygen atoms in total. The van der Waals surface area contributed by atoms with Crippen LogP contribution in [0.25, 0.3) is 0 Å². The maximum atomic E-state index is 12.9. The molecule has 0 aliphatic carbocycles. The molecule has 2 aromatic rings. The minimum atomic E-state index is 0.132. The van der Waals surface area contributed by atoms with E-state index < -0.39 is 0 Å². The van der Waals surface area contributed by atoms with Gasteiger partial charge in [0.2, 0.25) is 5.91 Å². The number of hydrogen-bond donors (Lipinski definition) is 0. The first kappa shape index (κ1) is 18.2. The summed E-state index contributed by atoms with van der Waals surface area (Å²) in [7, 11) is 2.01. The van der Waals surface area contributed by atoms with Gasteiger partial charge in [0, 0.05) is 39.0 Å². The van der Waals surface area contributed by atoms with Crippen molar-refractivity contribution in [3.8, 4) is 11.5 Å². The fourth-order valence-electron chi connectivity index (χ4n) is 3.86. The van der Waals surface area contributed by atoms with E-state index in [0.29, 0.717) is 42.1 Å². The molecule has 2 aliphatic rings. The number of ether oxygens (including phenoxy) is 2. The van der Waals surface area contributed by atoms with E-state index in [1.165, 1.54) is 0 Å². The predicted molar refractivity (Wildman–Crippen MR) is 102 cm³/mol. The topological polar surface area (TPSA) is 56.6 Å². The van der Waals surface area contributed by atoms with Crippen LogP contribution in [0.1, 0.15) is 24.2 Å². The van der Waals surface area contributed by atoms with E-state index in [4.69, 9.17) is 21.1 Å². The average Bonchev–Trinajstić information content (AvgIpc) is 3.06. The number of aryl methyl sites for hydroxylation is 1. The molecule has 4 rings (SSSR count). The first-order valence-corrected chi connectivity index (χ1v) is 9.80. The Balaban J connectivity index is 1.40. The van der Waals surface area contributed by atoms with Gasteiger partial charge in [0.1, 0.15) is 19.0 Å². The number of aromatic nitrogens is 2. The number of amides is 1. The van der Waals surface area contributed by atoms with E-state index in [1.54, 1.807) is 0 Å². The predicted octanol–water partition coefficient (Wildman–Crippen LogP) is 2.87. The zero-order chi connectivity index (χ0) is 18.8. The number of benzene rings is 1. The Morgan fingerprint density at radius 2 is 2.19 bits per heavy atom. The first-order chi connectivity index (χ1) is 13.1. The van der Waals surface area contributed by atoms with Gasteiger partial charge in [-0.05, 0) is 36.5 Å². The molecule has 27 heavy (non-hydrogen) atoms. The smallest absolute Gasteiger partial charge is 0.227 e. The molecule has 0 bridgehead atoms. The van der Waals surface area contributed by atoms with Gasteiger partial charge in [-0.2, -0.15) is 0 Å². The van der Waals surface area contributed by atoms with Gasteiger partial charge in [-0.25, -0.2) is 4.98 Å². The molecular weight excluding hydrogens is 366 g/mol. The highest BCUT2D eigenvalue weighted by Crippen LogP contribution is 2.38. The van der Waals surface area contributed by atoms with Gasteiger partial charge in [0.05, 0.1) is 11.4 Å². The molecule has 1 aromatic carbocycles. The molecule has 1 unspecified atom stereocenters. The quantitative estimate of drug-likeness (QED) is 0.806. The van der Waals surface area contributed by atoms with Crippen molar-refractivity contribution in [3.05, 3.63) is 40.9 Å². The molecule has 2 aliphatic heterocycles. The highest BCUT2D eigenvalue weighted by atomic mass is 35.5. The average molecular weight is 390 g/mol. The number of piperidine rings is 1.